The number of anilines is 1. The van der Waals surface area contributed by atoms with Crippen molar-refractivity contribution in [3.8, 4) is 0 Å². The lowest BCUT2D eigenvalue weighted by atomic mass is 9.83. The van der Waals surface area contributed by atoms with Gasteiger partial charge in [-0.1, -0.05) is 26.0 Å². The van der Waals surface area contributed by atoms with Crippen LogP contribution in [0.3, 0.4) is 0 Å². The van der Waals surface area contributed by atoms with Crippen molar-refractivity contribution in [3.05, 3.63) is 41.5 Å². The topological polar surface area (TPSA) is 56.7 Å². The molecule has 19 heavy (non-hydrogen) atoms. The van der Waals surface area contributed by atoms with Gasteiger partial charge in [0.1, 0.15) is 5.82 Å². The molecule has 4 nitrogen and oxygen atoms in total. The van der Waals surface area contributed by atoms with Gasteiger partial charge in [0.2, 0.25) is 0 Å². The Balaban J connectivity index is 2.46. The van der Waals surface area contributed by atoms with Crippen LogP contribution < -0.4 is 5.73 Å². The second-order valence-corrected chi connectivity index (χ2v) is 5.82. The summed E-state index contributed by atoms with van der Waals surface area (Å²) in [7, 11) is 1.95. The maximum absolute atomic E-state index is 5.75. The third kappa shape index (κ3) is 2.48. The second-order valence-electron chi connectivity index (χ2n) is 5.82. The molecule has 1 aromatic carbocycles. The minimum atomic E-state index is -0.192. The normalized spacial score (nSPS) is 12.1. The van der Waals surface area contributed by atoms with Crippen LogP contribution in [0.5, 0.6) is 0 Å². The van der Waals surface area contributed by atoms with E-state index in [9.17, 15) is 0 Å². The summed E-state index contributed by atoms with van der Waals surface area (Å²) in [5.41, 5.74) is 7.52. The standard InChI is InChI=1S/C15H22N4/c1-10(2)13-17-14(19(5)18-13)15(3,4)11-6-8-12(16)9-7-11/h6-10H,16H2,1-5H3. The van der Waals surface area contributed by atoms with E-state index in [1.165, 1.54) is 5.56 Å². The zero-order valence-corrected chi connectivity index (χ0v) is 12.3. The number of nitrogens with zero attached hydrogens (tertiary/aromatic N) is 3. The van der Waals surface area contributed by atoms with Gasteiger partial charge in [-0.05, 0) is 31.5 Å². The number of aryl methyl sites for hydroxylation is 1. The summed E-state index contributed by atoms with van der Waals surface area (Å²) in [6.07, 6.45) is 0. The fourth-order valence-corrected chi connectivity index (χ4v) is 2.22. The predicted octanol–water partition coefficient (Wildman–Crippen LogP) is 2.85. The highest BCUT2D eigenvalue weighted by Gasteiger charge is 2.29. The Hall–Kier alpha value is -1.84. The van der Waals surface area contributed by atoms with Gasteiger partial charge in [0.05, 0.1) is 0 Å². The summed E-state index contributed by atoms with van der Waals surface area (Å²) >= 11 is 0. The molecule has 0 unspecified atom stereocenters. The highest BCUT2D eigenvalue weighted by atomic mass is 15.3. The summed E-state index contributed by atoms with van der Waals surface area (Å²) in [6.45, 7) is 8.53. The Kier molecular flexibility index (Phi) is 3.35. The number of hydrogen-bond acceptors (Lipinski definition) is 3. The Bertz CT molecular complexity index is 564. The smallest absolute Gasteiger partial charge is 0.153 e. The summed E-state index contributed by atoms with van der Waals surface area (Å²) < 4.78 is 1.88. The summed E-state index contributed by atoms with van der Waals surface area (Å²) in [5, 5.41) is 4.50. The molecule has 0 atom stereocenters. The van der Waals surface area contributed by atoms with Crippen LogP contribution in [-0.2, 0) is 12.5 Å². The third-order valence-corrected chi connectivity index (χ3v) is 3.49. The lowest BCUT2D eigenvalue weighted by Gasteiger charge is -2.24. The summed E-state index contributed by atoms with van der Waals surface area (Å²) in [6, 6.07) is 7.96. The predicted molar refractivity (Wildman–Crippen MR) is 78.1 cm³/mol. The molecule has 0 amide bonds. The Labute approximate surface area is 114 Å². The SMILES string of the molecule is CC(C)c1nc(C(C)(C)c2ccc(N)cc2)n(C)n1. The molecule has 0 aliphatic rings. The average Bonchev–Trinajstić information content (AvgIpc) is 2.73. The van der Waals surface area contributed by atoms with Crippen LogP contribution in [0.2, 0.25) is 0 Å². The van der Waals surface area contributed by atoms with Crippen molar-refractivity contribution in [2.75, 3.05) is 5.73 Å². The maximum atomic E-state index is 5.75. The number of rotatable bonds is 3. The fourth-order valence-electron chi connectivity index (χ4n) is 2.22. The van der Waals surface area contributed by atoms with Crippen LogP contribution in [0.4, 0.5) is 5.69 Å². The molecule has 0 saturated heterocycles. The lowest BCUT2D eigenvalue weighted by Crippen LogP contribution is -2.24. The number of nitrogen functional groups attached to an aromatic ring is 1. The molecule has 0 aliphatic carbocycles. The van der Waals surface area contributed by atoms with Crippen LogP contribution in [-0.4, -0.2) is 14.8 Å². The zero-order valence-electron chi connectivity index (χ0n) is 12.3. The molecule has 0 bridgehead atoms. The molecule has 2 aromatic rings. The lowest BCUT2D eigenvalue weighted by molar-refractivity contribution is 0.542. The Morgan fingerprint density at radius 2 is 1.74 bits per heavy atom. The molecule has 0 spiro atoms. The van der Waals surface area contributed by atoms with Crippen molar-refractivity contribution >= 4 is 5.69 Å². The molecule has 0 saturated carbocycles. The van der Waals surface area contributed by atoms with Gasteiger partial charge in [-0.3, -0.25) is 4.68 Å². The van der Waals surface area contributed by atoms with Crippen LogP contribution in [0.1, 0.15) is 50.8 Å². The van der Waals surface area contributed by atoms with Crippen molar-refractivity contribution in [2.45, 2.75) is 39.0 Å². The van der Waals surface area contributed by atoms with Crippen LogP contribution in [0, 0.1) is 0 Å². The Morgan fingerprint density at radius 1 is 1.16 bits per heavy atom. The first-order valence-electron chi connectivity index (χ1n) is 6.60. The zero-order chi connectivity index (χ0) is 14.2. The monoisotopic (exact) mass is 258 g/mol. The van der Waals surface area contributed by atoms with Gasteiger partial charge in [-0.2, -0.15) is 5.10 Å². The quantitative estimate of drug-likeness (QED) is 0.861. The number of benzene rings is 1. The van der Waals surface area contributed by atoms with Crippen molar-refractivity contribution in [1.29, 1.82) is 0 Å². The first-order valence-corrected chi connectivity index (χ1v) is 6.60. The average molecular weight is 258 g/mol. The maximum Gasteiger partial charge on any atom is 0.153 e. The molecular formula is C15H22N4. The van der Waals surface area contributed by atoms with Crippen molar-refractivity contribution in [2.24, 2.45) is 7.05 Å². The van der Waals surface area contributed by atoms with E-state index in [4.69, 9.17) is 10.7 Å². The van der Waals surface area contributed by atoms with Gasteiger partial charge in [0.15, 0.2) is 5.82 Å². The molecule has 1 heterocycles. The van der Waals surface area contributed by atoms with E-state index in [1.54, 1.807) is 0 Å². The van der Waals surface area contributed by atoms with Gasteiger partial charge in [0, 0.05) is 24.1 Å². The molecule has 2 N–H and O–H groups in total. The molecule has 4 heteroatoms. The van der Waals surface area contributed by atoms with E-state index < -0.39 is 0 Å². The first-order chi connectivity index (χ1) is 8.82. The minimum Gasteiger partial charge on any atom is -0.399 e. The van der Waals surface area contributed by atoms with Gasteiger partial charge in [-0.25, -0.2) is 4.98 Å². The number of hydrogen-bond donors (Lipinski definition) is 1. The van der Waals surface area contributed by atoms with Crippen LogP contribution in [0.25, 0.3) is 0 Å². The second kappa shape index (κ2) is 4.68. The van der Waals surface area contributed by atoms with Gasteiger partial charge in [0.25, 0.3) is 0 Å². The van der Waals surface area contributed by atoms with Gasteiger partial charge < -0.3 is 5.73 Å². The van der Waals surface area contributed by atoms with Crippen molar-refractivity contribution < 1.29 is 0 Å². The molecule has 2 rings (SSSR count). The molecular weight excluding hydrogens is 236 g/mol. The van der Waals surface area contributed by atoms with E-state index >= 15 is 0 Å². The van der Waals surface area contributed by atoms with Crippen LogP contribution in [0.15, 0.2) is 24.3 Å². The van der Waals surface area contributed by atoms with E-state index in [0.29, 0.717) is 5.92 Å². The highest BCUT2D eigenvalue weighted by molar-refractivity contribution is 5.43. The van der Waals surface area contributed by atoms with Crippen molar-refractivity contribution in [1.82, 2.24) is 14.8 Å². The van der Waals surface area contributed by atoms with E-state index in [2.05, 4.69) is 44.9 Å². The summed E-state index contributed by atoms with van der Waals surface area (Å²) in [4.78, 5) is 4.70. The molecule has 0 aliphatic heterocycles. The van der Waals surface area contributed by atoms with Crippen LogP contribution >= 0.6 is 0 Å². The van der Waals surface area contributed by atoms with E-state index in [-0.39, 0.29) is 5.41 Å². The van der Waals surface area contributed by atoms with E-state index in [0.717, 1.165) is 17.3 Å². The molecule has 0 fully saturated rings. The summed E-state index contributed by atoms with van der Waals surface area (Å²) in [5.74, 6) is 2.20. The highest BCUT2D eigenvalue weighted by Crippen LogP contribution is 2.31. The first kappa shape index (κ1) is 13.6. The van der Waals surface area contributed by atoms with E-state index in [1.807, 2.05) is 23.9 Å². The molecule has 1 aromatic heterocycles. The minimum absolute atomic E-state index is 0.192. The van der Waals surface area contributed by atoms with Gasteiger partial charge in [-0.15, -0.1) is 0 Å². The molecule has 102 valence electrons. The largest absolute Gasteiger partial charge is 0.399 e. The third-order valence-electron chi connectivity index (χ3n) is 3.49. The molecule has 0 radical (unpaired) electrons. The number of nitrogens with two attached hydrogens (primary N) is 1. The fraction of sp³-hybridized carbons (Fsp3) is 0.467. The number of aromatic nitrogens is 3. The Morgan fingerprint density at radius 3 is 2.21 bits per heavy atom. The van der Waals surface area contributed by atoms with Crippen molar-refractivity contribution in [3.63, 3.8) is 0 Å². The van der Waals surface area contributed by atoms with Gasteiger partial charge >= 0.3 is 0 Å².